The van der Waals surface area contributed by atoms with Crippen LogP contribution in [0.1, 0.15) is 22.1 Å². The predicted octanol–water partition coefficient (Wildman–Crippen LogP) is 9.23. The Morgan fingerprint density at radius 2 is 0.958 bits per heavy atom. The molecular weight excluding hydrogens is 592 g/mol. The molecule has 1 aliphatic heterocycles. The van der Waals surface area contributed by atoms with Gasteiger partial charge in [0.1, 0.15) is 0 Å². The molecule has 4 heterocycles. The van der Waals surface area contributed by atoms with E-state index in [4.69, 9.17) is 0 Å². The van der Waals surface area contributed by atoms with Gasteiger partial charge in [0.2, 0.25) is 0 Å². The summed E-state index contributed by atoms with van der Waals surface area (Å²) in [5.41, 5.74) is 10.3. The third-order valence-corrected chi connectivity index (χ3v) is 9.32. The number of aromatic nitrogens is 3. The van der Waals surface area contributed by atoms with Gasteiger partial charge in [0.05, 0.1) is 22.4 Å². The fraction of sp³-hybridized carbons (Fsp3) is 0.0238. The molecule has 48 heavy (non-hydrogen) atoms. The minimum absolute atomic E-state index is 0.243. The Bertz CT molecular complexity index is 2400. The summed E-state index contributed by atoms with van der Waals surface area (Å²) in [6.45, 7) is 0. The lowest BCUT2D eigenvalue weighted by atomic mass is 10.0. The van der Waals surface area contributed by atoms with Gasteiger partial charge in [0.25, 0.3) is 5.91 Å². The van der Waals surface area contributed by atoms with E-state index in [2.05, 4.69) is 50.9 Å². The zero-order valence-electron chi connectivity index (χ0n) is 25.7. The molecule has 1 unspecified atom stereocenters. The fourth-order valence-corrected chi connectivity index (χ4v) is 7.25. The van der Waals surface area contributed by atoms with Crippen LogP contribution >= 0.6 is 0 Å². The molecule has 0 saturated heterocycles. The van der Waals surface area contributed by atoms with Crippen LogP contribution < -0.4 is 4.90 Å². The summed E-state index contributed by atoms with van der Waals surface area (Å²) in [7, 11) is 0. The van der Waals surface area contributed by atoms with Gasteiger partial charge in [-0.25, -0.2) is 0 Å². The highest BCUT2D eigenvalue weighted by Gasteiger charge is 2.40. The lowest BCUT2D eigenvalue weighted by molar-refractivity contribution is 0.0935. The molecule has 228 valence electrons. The molecule has 0 bridgehead atoms. The summed E-state index contributed by atoms with van der Waals surface area (Å²) >= 11 is 0. The number of fused-ring (bicyclic) bond motifs is 4. The molecule has 1 amide bonds. The number of hydrogen-bond donors (Lipinski definition) is 1. The Kier molecular flexibility index (Phi) is 6.48. The van der Waals surface area contributed by atoms with E-state index in [1.165, 1.54) is 4.90 Å². The van der Waals surface area contributed by atoms with Crippen LogP contribution in [0.25, 0.3) is 60.9 Å². The third-order valence-electron chi connectivity index (χ3n) is 9.32. The van der Waals surface area contributed by atoms with Crippen molar-refractivity contribution in [3.63, 3.8) is 0 Å². The highest BCUT2D eigenvalue weighted by atomic mass is 16.3. The first kappa shape index (κ1) is 27.9. The average molecular weight is 621 g/mol. The lowest BCUT2D eigenvalue weighted by Crippen LogP contribution is -2.28. The second-order valence-electron chi connectivity index (χ2n) is 11.9. The molecule has 0 radical (unpaired) electrons. The van der Waals surface area contributed by atoms with Crippen LogP contribution in [0.3, 0.4) is 0 Å². The molecule has 8 aromatic rings. The lowest BCUT2D eigenvalue weighted by Gasteiger charge is -2.25. The van der Waals surface area contributed by atoms with Gasteiger partial charge in [-0.1, -0.05) is 91.0 Å². The van der Waals surface area contributed by atoms with Gasteiger partial charge in [-0.15, -0.1) is 0 Å². The zero-order valence-corrected chi connectivity index (χ0v) is 25.7. The number of hydrogen-bond acceptors (Lipinski definition) is 4. The van der Waals surface area contributed by atoms with Crippen LogP contribution in [0.15, 0.2) is 158 Å². The number of rotatable bonds is 5. The van der Waals surface area contributed by atoms with Gasteiger partial charge in [0.15, 0.2) is 6.23 Å². The normalized spacial score (nSPS) is 14.1. The van der Waals surface area contributed by atoms with Gasteiger partial charge in [0, 0.05) is 63.4 Å². The monoisotopic (exact) mass is 620 g/mol. The van der Waals surface area contributed by atoms with E-state index >= 15 is 0 Å². The second-order valence-corrected chi connectivity index (χ2v) is 11.9. The smallest absolute Gasteiger partial charge is 0.261 e. The molecule has 6 heteroatoms. The fourth-order valence-electron chi connectivity index (χ4n) is 7.25. The van der Waals surface area contributed by atoms with Crippen molar-refractivity contribution in [2.24, 2.45) is 0 Å². The number of carbonyl (C=O) groups excluding carboxylic acids is 1. The zero-order chi connectivity index (χ0) is 32.2. The summed E-state index contributed by atoms with van der Waals surface area (Å²) in [5.74, 6) is -0.243. The van der Waals surface area contributed by atoms with Crippen LogP contribution in [0.5, 0.6) is 0 Å². The molecule has 1 N–H and O–H groups in total. The van der Waals surface area contributed by atoms with Gasteiger partial charge < -0.3 is 9.67 Å². The molecule has 0 fully saturated rings. The molecule has 1 atom stereocenters. The number of benzene rings is 5. The van der Waals surface area contributed by atoms with Crippen LogP contribution in [0.2, 0.25) is 0 Å². The Morgan fingerprint density at radius 3 is 1.58 bits per heavy atom. The molecule has 1 aliphatic rings. The molecule has 0 saturated carbocycles. The van der Waals surface area contributed by atoms with E-state index in [-0.39, 0.29) is 5.91 Å². The van der Waals surface area contributed by atoms with Crippen molar-refractivity contribution in [2.45, 2.75) is 6.23 Å². The summed E-state index contributed by atoms with van der Waals surface area (Å²) in [6.07, 6.45) is 5.98. The summed E-state index contributed by atoms with van der Waals surface area (Å²) < 4.78 is 2.23. The van der Waals surface area contributed by atoms with E-state index in [0.29, 0.717) is 16.8 Å². The Balaban J connectivity index is 1.35. The van der Waals surface area contributed by atoms with Crippen molar-refractivity contribution in [1.29, 1.82) is 0 Å². The Hall–Kier alpha value is -6.37. The van der Waals surface area contributed by atoms with Gasteiger partial charge in [-0.05, 0) is 59.2 Å². The van der Waals surface area contributed by atoms with Crippen LogP contribution in [0, 0.1) is 0 Å². The number of pyridine rings is 2. The molecule has 5 aromatic carbocycles. The number of aliphatic hydroxyl groups excluding tert-OH is 1. The summed E-state index contributed by atoms with van der Waals surface area (Å²) in [5, 5.41) is 14.4. The molecular formula is C42H28N4O2. The SMILES string of the molecule is O=C1c2cccc(-n3c4c(-c5ccncc5)cccc4c4cccc(-c5ccncc5)c43)c2C(O)N1c1ccccc1-c1ccccc1. The van der Waals surface area contributed by atoms with Crippen LogP contribution in [-0.4, -0.2) is 25.5 Å². The predicted molar refractivity (Wildman–Crippen MR) is 191 cm³/mol. The van der Waals surface area contributed by atoms with E-state index < -0.39 is 6.23 Å². The third kappa shape index (κ3) is 4.20. The highest BCUT2D eigenvalue weighted by Crippen LogP contribution is 2.47. The first-order valence-corrected chi connectivity index (χ1v) is 15.9. The van der Waals surface area contributed by atoms with E-state index in [9.17, 15) is 9.90 Å². The molecule has 0 aliphatic carbocycles. The minimum Gasteiger partial charge on any atom is -0.369 e. The maximum absolute atomic E-state index is 14.4. The van der Waals surface area contributed by atoms with Crippen molar-refractivity contribution in [3.05, 3.63) is 169 Å². The Labute approximate surface area is 276 Å². The minimum atomic E-state index is -1.22. The highest BCUT2D eigenvalue weighted by molar-refractivity contribution is 6.18. The molecule has 3 aromatic heterocycles. The quantitative estimate of drug-likeness (QED) is 0.208. The van der Waals surface area contributed by atoms with Gasteiger partial charge in [-0.2, -0.15) is 0 Å². The number of anilines is 1. The van der Waals surface area contributed by atoms with Crippen molar-refractivity contribution in [1.82, 2.24) is 14.5 Å². The summed E-state index contributed by atoms with van der Waals surface area (Å²) in [6, 6.07) is 44.2. The molecule has 6 nitrogen and oxygen atoms in total. The van der Waals surface area contributed by atoms with Gasteiger partial charge >= 0.3 is 0 Å². The van der Waals surface area contributed by atoms with Crippen molar-refractivity contribution < 1.29 is 9.90 Å². The van der Waals surface area contributed by atoms with Crippen molar-refractivity contribution in [2.75, 3.05) is 4.90 Å². The molecule has 0 spiro atoms. The standard InChI is InChI=1S/C42H28N4O2/c47-41-35-16-8-18-37(38(35)42(48)46(41)36-17-5-4-11-30(36)27-9-2-1-3-10-27)45-39-31(28-19-23-43-24-20-28)12-6-14-33(39)34-15-7-13-32(40(34)45)29-21-25-44-26-22-29/h1-26,42,48H. The van der Waals surface area contributed by atoms with Gasteiger partial charge in [-0.3, -0.25) is 19.7 Å². The number of amides is 1. The average Bonchev–Trinajstić information content (AvgIpc) is 3.63. The second kappa shape index (κ2) is 11.2. The maximum Gasteiger partial charge on any atom is 0.261 e. The van der Waals surface area contributed by atoms with Crippen LogP contribution in [-0.2, 0) is 0 Å². The first-order valence-electron chi connectivity index (χ1n) is 15.9. The van der Waals surface area contributed by atoms with Crippen LogP contribution in [0.4, 0.5) is 5.69 Å². The number of nitrogens with zero attached hydrogens (tertiary/aromatic N) is 4. The topological polar surface area (TPSA) is 71.2 Å². The maximum atomic E-state index is 14.4. The Morgan fingerprint density at radius 1 is 0.479 bits per heavy atom. The summed E-state index contributed by atoms with van der Waals surface area (Å²) in [4.78, 5) is 24.4. The largest absolute Gasteiger partial charge is 0.369 e. The number of para-hydroxylation sites is 3. The van der Waals surface area contributed by atoms with Crippen molar-refractivity contribution in [3.8, 4) is 39.1 Å². The number of aliphatic hydroxyl groups is 1. The van der Waals surface area contributed by atoms with Crippen molar-refractivity contribution >= 4 is 33.4 Å². The molecule has 9 rings (SSSR count). The van der Waals surface area contributed by atoms with E-state index in [1.807, 2.05) is 97.1 Å². The van der Waals surface area contributed by atoms with E-state index in [1.54, 1.807) is 24.8 Å². The first-order chi connectivity index (χ1) is 23.7. The van der Waals surface area contributed by atoms with E-state index in [0.717, 1.165) is 60.9 Å². The number of carbonyl (C=O) groups is 1.